The second-order valence-corrected chi connectivity index (χ2v) is 6.40. The van der Waals surface area contributed by atoms with Crippen molar-refractivity contribution in [1.29, 1.82) is 0 Å². The minimum atomic E-state index is 0.247. The van der Waals surface area contributed by atoms with Gasteiger partial charge in [-0.1, -0.05) is 18.2 Å². The lowest BCUT2D eigenvalue weighted by molar-refractivity contribution is 0.329. The van der Waals surface area contributed by atoms with Crippen LogP contribution in [0.3, 0.4) is 0 Å². The lowest BCUT2D eigenvalue weighted by atomic mass is 9.95. The lowest BCUT2D eigenvalue weighted by Gasteiger charge is -2.35. The van der Waals surface area contributed by atoms with Crippen molar-refractivity contribution in [2.45, 2.75) is 39.2 Å². The van der Waals surface area contributed by atoms with E-state index in [4.69, 9.17) is 0 Å². The molecule has 2 heteroatoms. The number of hydrogen-bond acceptors (Lipinski definition) is 2. The van der Waals surface area contributed by atoms with Gasteiger partial charge >= 0.3 is 0 Å². The molecule has 0 radical (unpaired) electrons. The van der Waals surface area contributed by atoms with Crippen molar-refractivity contribution in [3.63, 3.8) is 0 Å². The van der Waals surface area contributed by atoms with Gasteiger partial charge in [0.15, 0.2) is 0 Å². The molecule has 2 nitrogen and oxygen atoms in total. The Bertz CT molecular complexity index is 345. The summed E-state index contributed by atoms with van der Waals surface area (Å²) < 4.78 is 0. The second-order valence-electron chi connectivity index (χ2n) is 6.40. The molecule has 2 rings (SSSR count). The predicted octanol–water partition coefficient (Wildman–Crippen LogP) is 3.29. The predicted molar refractivity (Wildman–Crippen MR) is 79.1 cm³/mol. The van der Waals surface area contributed by atoms with Crippen molar-refractivity contribution in [2.24, 2.45) is 5.92 Å². The number of nitrogens with zero attached hydrogens (tertiary/aromatic N) is 1. The highest BCUT2D eigenvalue weighted by Crippen LogP contribution is 2.22. The first-order valence-corrected chi connectivity index (χ1v) is 7.10. The minimum Gasteiger partial charge on any atom is -0.372 e. The first-order chi connectivity index (χ1) is 8.54. The molecule has 1 aliphatic heterocycles. The van der Waals surface area contributed by atoms with E-state index in [2.05, 4.69) is 61.3 Å². The normalized spacial score (nSPS) is 18.1. The molecule has 0 aliphatic carbocycles. The van der Waals surface area contributed by atoms with E-state index in [1.807, 2.05) is 0 Å². The molecule has 18 heavy (non-hydrogen) atoms. The first-order valence-electron chi connectivity index (χ1n) is 7.10. The molecular weight excluding hydrogens is 220 g/mol. The van der Waals surface area contributed by atoms with Gasteiger partial charge in [0.2, 0.25) is 0 Å². The van der Waals surface area contributed by atoms with E-state index < -0.39 is 0 Å². The van der Waals surface area contributed by atoms with E-state index in [0.717, 1.165) is 12.5 Å². The summed E-state index contributed by atoms with van der Waals surface area (Å²) >= 11 is 0. The summed E-state index contributed by atoms with van der Waals surface area (Å²) in [6.07, 6.45) is 2.61. The Labute approximate surface area is 111 Å². The van der Waals surface area contributed by atoms with Crippen LogP contribution < -0.4 is 10.2 Å². The van der Waals surface area contributed by atoms with Gasteiger partial charge in [0.25, 0.3) is 0 Å². The Balaban J connectivity index is 1.78. The maximum Gasteiger partial charge on any atom is 0.0366 e. The molecule has 0 aromatic heterocycles. The number of hydrogen-bond donors (Lipinski definition) is 1. The SMILES string of the molecule is CC(C)(C)NCC1CCN(c2ccccc2)CC1. The van der Waals surface area contributed by atoms with Crippen molar-refractivity contribution >= 4 is 5.69 Å². The number of rotatable bonds is 3. The summed E-state index contributed by atoms with van der Waals surface area (Å²) in [5, 5.41) is 3.63. The fraction of sp³-hybridized carbons (Fsp3) is 0.625. The van der Waals surface area contributed by atoms with Crippen LogP contribution in [-0.4, -0.2) is 25.2 Å². The fourth-order valence-corrected chi connectivity index (χ4v) is 2.48. The fourth-order valence-electron chi connectivity index (χ4n) is 2.48. The molecule has 0 amide bonds. The lowest BCUT2D eigenvalue weighted by Crippen LogP contribution is -2.42. The molecule has 0 atom stereocenters. The molecule has 100 valence electrons. The van der Waals surface area contributed by atoms with Crippen LogP contribution in [-0.2, 0) is 0 Å². The maximum atomic E-state index is 3.63. The van der Waals surface area contributed by atoms with E-state index in [-0.39, 0.29) is 5.54 Å². The molecule has 1 aliphatic rings. The molecule has 0 spiro atoms. The van der Waals surface area contributed by atoms with E-state index in [1.165, 1.54) is 31.6 Å². The minimum absolute atomic E-state index is 0.247. The molecule has 0 saturated carbocycles. The van der Waals surface area contributed by atoms with Crippen molar-refractivity contribution in [3.05, 3.63) is 30.3 Å². The van der Waals surface area contributed by atoms with Crippen molar-refractivity contribution in [2.75, 3.05) is 24.5 Å². The zero-order valence-electron chi connectivity index (χ0n) is 11.9. The highest BCUT2D eigenvalue weighted by Gasteiger charge is 2.20. The number of anilines is 1. The summed E-state index contributed by atoms with van der Waals surface area (Å²) in [6, 6.07) is 10.8. The number of nitrogens with one attached hydrogen (secondary N) is 1. The highest BCUT2D eigenvalue weighted by molar-refractivity contribution is 5.46. The summed E-state index contributed by atoms with van der Waals surface area (Å²) in [7, 11) is 0. The van der Waals surface area contributed by atoms with Gasteiger partial charge < -0.3 is 10.2 Å². The smallest absolute Gasteiger partial charge is 0.0366 e. The van der Waals surface area contributed by atoms with Crippen LogP contribution in [0.15, 0.2) is 30.3 Å². The number of para-hydroxylation sites is 1. The summed E-state index contributed by atoms with van der Waals surface area (Å²) in [6.45, 7) is 10.3. The van der Waals surface area contributed by atoms with Crippen LogP contribution in [0.2, 0.25) is 0 Å². The second kappa shape index (κ2) is 5.75. The van der Waals surface area contributed by atoms with Crippen LogP contribution in [0.1, 0.15) is 33.6 Å². The Kier molecular flexibility index (Phi) is 4.28. The molecule has 1 aromatic carbocycles. The summed E-state index contributed by atoms with van der Waals surface area (Å²) in [5.41, 5.74) is 1.62. The monoisotopic (exact) mass is 246 g/mol. The Morgan fingerprint density at radius 2 is 1.72 bits per heavy atom. The van der Waals surface area contributed by atoms with Gasteiger partial charge in [-0.05, 0) is 58.2 Å². The zero-order chi connectivity index (χ0) is 13.0. The Morgan fingerprint density at radius 3 is 2.28 bits per heavy atom. The molecule has 0 bridgehead atoms. The van der Waals surface area contributed by atoms with Gasteiger partial charge in [-0.25, -0.2) is 0 Å². The van der Waals surface area contributed by atoms with E-state index in [1.54, 1.807) is 0 Å². The topological polar surface area (TPSA) is 15.3 Å². The number of piperidine rings is 1. The van der Waals surface area contributed by atoms with Gasteiger partial charge in [-0.3, -0.25) is 0 Å². The van der Waals surface area contributed by atoms with Crippen LogP contribution in [0, 0.1) is 5.92 Å². The van der Waals surface area contributed by atoms with Gasteiger partial charge in [0.05, 0.1) is 0 Å². The van der Waals surface area contributed by atoms with Gasteiger partial charge in [0.1, 0.15) is 0 Å². The van der Waals surface area contributed by atoms with E-state index in [9.17, 15) is 0 Å². The van der Waals surface area contributed by atoms with Crippen molar-refractivity contribution in [3.8, 4) is 0 Å². The van der Waals surface area contributed by atoms with Crippen LogP contribution in [0.25, 0.3) is 0 Å². The maximum absolute atomic E-state index is 3.63. The summed E-state index contributed by atoms with van der Waals surface area (Å²) in [5.74, 6) is 0.837. The van der Waals surface area contributed by atoms with Crippen molar-refractivity contribution in [1.82, 2.24) is 5.32 Å². The van der Waals surface area contributed by atoms with Crippen LogP contribution in [0.4, 0.5) is 5.69 Å². The van der Waals surface area contributed by atoms with Gasteiger partial charge in [0, 0.05) is 24.3 Å². The Morgan fingerprint density at radius 1 is 1.11 bits per heavy atom. The standard InChI is InChI=1S/C16H26N2/c1-16(2,3)17-13-14-9-11-18(12-10-14)15-7-5-4-6-8-15/h4-8,14,17H,9-13H2,1-3H3. The average molecular weight is 246 g/mol. The third-order valence-corrected chi connectivity index (χ3v) is 3.66. The molecule has 0 unspecified atom stereocenters. The third-order valence-electron chi connectivity index (χ3n) is 3.66. The molecule has 1 aromatic rings. The average Bonchev–Trinajstić information content (AvgIpc) is 2.37. The summed E-state index contributed by atoms with van der Waals surface area (Å²) in [4.78, 5) is 2.51. The Hall–Kier alpha value is -1.02. The van der Waals surface area contributed by atoms with E-state index >= 15 is 0 Å². The van der Waals surface area contributed by atoms with Gasteiger partial charge in [-0.2, -0.15) is 0 Å². The van der Waals surface area contributed by atoms with Crippen LogP contribution >= 0.6 is 0 Å². The first kappa shape index (κ1) is 13.4. The molecule has 1 heterocycles. The van der Waals surface area contributed by atoms with E-state index in [0.29, 0.717) is 0 Å². The molecule has 1 fully saturated rings. The molecule has 1 N–H and O–H groups in total. The quantitative estimate of drug-likeness (QED) is 0.880. The highest BCUT2D eigenvalue weighted by atomic mass is 15.1. The largest absolute Gasteiger partial charge is 0.372 e. The third kappa shape index (κ3) is 4.02. The molecular formula is C16H26N2. The zero-order valence-corrected chi connectivity index (χ0v) is 11.9. The molecule has 1 saturated heterocycles. The number of benzene rings is 1. The van der Waals surface area contributed by atoms with Crippen molar-refractivity contribution < 1.29 is 0 Å². The van der Waals surface area contributed by atoms with Gasteiger partial charge in [-0.15, -0.1) is 0 Å². The van der Waals surface area contributed by atoms with Crippen LogP contribution in [0.5, 0.6) is 0 Å².